The fraction of sp³-hybridized carbons (Fsp3) is 0.677. The van der Waals surface area contributed by atoms with Crippen molar-refractivity contribution in [1.29, 1.82) is 0 Å². The third-order valence-electron chi connectivity index (χ3n) is 7.96. The highest BCUT2D eigenvalue weighted by atomic mass is 16.5. The highest BCUT2D eigenvalue weighted by molar-refractivity contribution is 5.75. The monoisotopic (exact) mass is 545 g/mol. The van der Waals surface area contributed by atoms with Gasteiger partial charge in [-0.05, 0) is 69.1 Å². The Hall–Kier alpha value is -2.58. The fourth-order valence-corrected chi connectivity index (χ4v) is 4.87. The minimum absolute atomic E-state index is 0.102. The molecule has 8 nitrogen and oxygen atoms in total. The minimum atomic E-state index is -0.874. The Morgan fingerprint density at radius 1 is 1.10 bits per heavy atom. The number of benzene rings is 1. The zero-order valence-corrected chi connectivity index (χ0v) is 25.3. The third-order valence-corrected chi connectivity index (χ3v) is 7.96. The van der Waals surface area contributed by atoms with Crippen LogP contribution in [0.3, 0.4) is 0 Å². The van der Waals surface area contributed by atoms with E-state index in [2.05, 4.69) is 46.9 Å². The second-order valence-electron chi connectivity index (χ2n) is 11.7. The Bertz CT molecular complexity index is 1110. The van der Waals surface area contributed by atoms with Crippen molar-refractivity contribution in [1.82, 2.24) is 0 Å². The van der Waals surface area contributed by atoms with E-state index < -0.39 is 23.0 Å². The van der Waals surface area contributed by atoms with E-state index in [4.69, 9.17) is 15.2 Å². The van der Waals surface area contributed by atoms with Gasteiger partial charge in [0.2, 0.25) is 0 Å². The molecule has 3 atom stereocenters. The van der Waals surface area contributed by atoms with Crippen molar-refractivity contribution in [2.45, 2.75) is 97.8 Å². The first-order valence-electron chi connectivity index (χ1n) is 14.4. The van der Waals surface area contributed by atoms with Crippen molar-refractivity contribution in [2.75, 3.05) is 37.5 Å². The first kappa shape index (κ1) is 32.6. The van der Waals surface area contributed by atoms with Gasteiger partial charge in [0, 0.05) is 25.2 Å². The lowest BCUT2D eigenvalue weighted by Crippen LogP contribution is -2.50. The van der Waals surface area contributed by atoms with Gasteiger partial charge in [-0.2, -0.15) is 0 Å². The van der Waals surface area contributed by atoms with Crippen LogP contribution in [0.4, 0.5) is 11.4 Å². The molecular formula is C31H51N3O5. The largest absolute Gasteiger partial charge is 0.493 e. The average molecular weight is 546 g/mol. The van der Waals surface area contributed by atoms with Gasteiger partial charge >= 0.3 is 0 Å². The smallest absolute Gasteiger partial charge is 0.253 e. The summed E-state index contributed by atoms with van der Waals surface area (Å²) in [6, 6.07) is 5.51. The van der Waals surface area contributed by atoms with Crippen LogP contribution in [0.5, 0.6) is 11.5 Å². The van der Waals surface area contributed by atoms with Gasteiger partial charge in [-0.25, -0.2) is 0 Å². The maximum Gasteiger partial charge on any atom is 0.253 e. The second-order valence-corrected chi connectivity index (χ2v) is 11.7. The maximum absolute atomic E-state index is 12.4. The predicted octanol–water partition coefficient (Wildman–Crippen LogP) is 4.49. The van der Waals surface area contributed by atoms with Gasteiger partial charge in [0.1, 0.15) is 11.4 Å². The van der Waals surface area contributed by atoms with E-state index in [1.54, 1.807) is 7.11 Å². The molecule has 0 aliphatic rings. The van der Waals surface area contributed by atoms with Crippen molar-refractivity contribution in [2.24, 2.45) is 17.6 Å². The Kier molecular flexibility index (Phi) is 12.3. The lowest BCUT2D eigenvalue weighted by molar-refractivity contribution is 0.137. The first-order valence-corrected chi connectivity index (χ1v) is 14.4. The van der Waals surface area contributed by atoms with E-state index in [0.29, 0.717) is 30.4 Å². The summed E-state index contributed by atoms with van der Waals surface area (Å²) in [5, 5.41) is 13.9. The molecule has 0 aromatic heterocycles. The number of aliphatic hydroxyl groups is 1. The molecule has 2 aromatic carbocycles. The summed E-state index contributed by atoms with van der Waals surface area (Å²) in [5.74, 6) is 2.02. The van der Waals surface area contributed by atoms with Crippen molar-refractivity contribution < 1.29 is 14.6 Å². The number of ether oxygens (including phenoxy) is 2. The van der Waals surface area contributed by atoms with Gasteiger partial charge in [-0.3, -0.25) is 9.59 Å². The van der Waals surface area contributed by atoms with Gasteiger partial charge in [-0.15, -0.1) is 0 Å². The first-order chi connectivity index (χ1) is 18.4. The van der Waals surface area contributed by atoms with Gasteiger partial charge in [0.25, 0.3) is 10.9 Å². The quantitative estimate of drug-likeness (QED) is 0.235. The molecule has 0 heterocycles. The number of nitrogens with one attached hydrogen (secondary N) is 1. The van der Waals surface area contributed by atoms with Crippen LogP contribution in [0.25, 0.3) is 0 Å². The second kappa shape index (κ2) is 14.7. The molecular weight excluding hydrogens is 494 g/mol. The molecule has 0 aliphatic carbocycles. The lowest BCUT2D eigenvalue weighted by atomic mass is 9.83. The SMILES string of the molecule is CCCCC(C)(C)N(C)c1c(NC[C@H](O)[C@@H](N)C[C@H](Cc2ccc(OC)c(OCCC)c2)C(C)C)c(=O)c1=O. The summed E-state index contributed by atoms with van der Waals surface area (Å²) in [6.45, 7) is 13.4. The molecule has 0 radical (unpaired) electrons. The molecule has 4 N–H and O–H groups in total. The van der Waals surface area contributed by atoms with E-state index in [1.807, 2.05) is 30.1 Å². The molecule has 0 saturated heterocycles. The van der Waals surface area contributed by atoms with E-state index in [0.717, 1.165) is 43.4 Å². The Morgan fingerprint density at radius 2 is 1.79 bits per heavy atom. The molecule has 0 unspecified atom stereocenters. The third kappa shape index (κ3) is 8.45. The molecule has 8 heteroatoms. The standard InChI is InChI=1S/C31H51N3O5/c1-9-11-14-31(5,6)34(7)28-27(29(36)30(28)37)33-19-24(35)23(32)18-22(20(3)4)16-21-12-13-25(38-8)26(17-21)39-15-10-2/h12-13,17,20,22-24,33,35H,9-11,14-16,18-19,32H2,1-8H3/t22-,23-,24-/m0/s1. The number of anilines is 2. The molecule has 0 fully saturated rings. The summed E-state index contributed by atoms with van der Waals surface area (Å²) in [7, 11) is 3.49. The number of nitrogens with two attached hydrogens (primary N) is 1. The van der Waals surface area contributed by atoms with Crippen LogP contribution in [-0.4, -0.2) is 50.1 Å². The molecule has 0 amide bonds. The van der Waals surface area contributed by atoms with Gasteiger partial charge in [0.05, 0.1) is 19.8 Å². The molecule has 0 spiro atoms. The predicted molar refractivity (Wildman–Crippen MR) is 161 cm³/mol. The Labute approximate surface area is 234 Å². The Balaban J connectivity index is 2.06. The van der Waals surface area contributed by atoms with Crippen LogP contribution in [0.15, 0.2) is 27.8 Å². The minimum Gasteiger partial charge on any atom is -0.493 e. The number of unbranched alkanes of at least 4 members (excludes halogenated alkanes) is 1. The van der Waals surface area contributed by atoms with Crippen molar-refractivity contribution in [3.05, 3.63) is 44.2 Å². The fourth-order valence-electron chi connectivity index (χ4n) is 4.87. The van der Waals surface area contributed by atoms with Crippen LogP contribution in [0, 0.1) is 11.8 Å². The van der Waals surface area contributed by atoms with Crippen LogP contribution >= 0.6 is 0 Å². The summed E-state index contributed by atoms with van der Waals surface area (Å²) >= 11 is 0. The van der Waals surface area contributed by atoms with E-state index >= 15 is 0 Å². The van der Waals surface area contributed by atoms with Crippen molar-refractivity contribution >= 4 is 11.4 Å². The maximum atomic E-state index is 12.4. The van der Waals surface area contributed by atoms with Gasteiger partial charge in [-0.1, -0.05) is 46.6 Å². The van der Waals surface area contributed by atoms with Crippen LogP contribution in [0.1, 0.15) is 79.2 Å². The Morgan fingerprint density at radius 3 is 2.38 bits per heavy atom. The zero-order chi connectivity index (χ0) is 29.3. The summed E-state index contributed by atoms with van der Waals surface area (Å²) < 4.78 is 11.3. The number of hydrogen-bond donors (Lipinski definition) is 3. The average Bonchev–Trinajstić information content (AvgIpc) is 2.91. The molecule has 220 valence electrons. The van der Waals surface area contributed by atoms with Crippen molar-refractivity contribution in [3.63, 3.8) is 0 Å². The zero-order valence-electron chi connectivity index (χ0n) is 25.3. The summed E-state index contributed by atoms with van der Waals surface area (Å²) in [4.78, 5) is 26.7. The number of rotatable bonds is 18. The van der Waals surface area contributed by atoms with E-state index in [1.165, 1.54) is 0 Å². The molecule has 39 heavy (non-hydrogen) atoms. The van der Waals surface area contributed by atoms with Crippen LogP contribution in [-0.2, 0) is 6.42 Å². The number of hydrogen-bond acceptors (Lipinski definition) is 8. The highest BCUT2D eigenvalue weighted by Crippen LogP contribution is 2.32. The molecule has 0 saturated carbocycles. The topological polar surface area (TPSA) is 114 Å². The molecule has 0 bridgehead atoms. The molecule has 0 aliphatic heterocycles. The highest BCUT2D eigenvalue weighted by Gasteiger charge is 2.33. The summed E-state index contributed by atoms with van der Waals surface area (Å²) in [6.07, 6.45) is 4.43. The molecule has 2 rings (SSSR count). The van der Waals surface area contributed by atoms with Crippen LogP contribution < -0.4 is 36.3 Å². The lowest BCUT2D eigenvalue weighted by Gasteiger charge is -2.39. The number of aliphatic hydroxyl groups excluding tert-OH is 1. The normalized spacial score (nSPS) is 14.3. The van der Waals surface area contributed by atoms with E-state index in [9.17, 15) is 14.7 Å². The van der Waals surface area contributed by atoms with E-state index in [-0.39, 0.29) is 23.7 Å². The summed E-state index contributed by atoms with van der Waals surface area (Å²) in [5.41, 5.74) is 6.97. The van der Waals surface area contributed by atoms with Crippen molar-refractivity contribution in [3.8, 4) is 11.5 Å². The number of methoxy groups -OCH3 is 1. The van der Waals surface area contributed by atoms with Gasteiger partial charge < -0.3 is 30.5 Å². The van der Waals surface area contributed by atoms with Gasteiger partial charge in [0.15, 0.2) is 11.5 Å². The molecule has 2 aromatic rings. The van der Waals surface area contributed by atoms with Crippen LogP contribution in [0.2, 0.25) is 0 Å². The number of nitrogens with zero attached hydrogens (tertiary/aromatic N) is 1.